The van der Waals surface area contributed by atoms with Crippen molar-refractivity contribution in [1.29, 1.82) is 0 Å². The summed E-state index contributed by atoms with van der Waals surface area (Å²) < 4.78 is 25.4. The highest BCUT2D eigenvalue weighted by atomic mass is 32.2. The van der Waals surface area contributed by atoms with E-state index in [9.17, 15) is 8.42 Å². The van der Waals surface area contributed by atoms with Gasteiger partial charge in [-0.1, -0.05) is 112 Å². The lowest BCUT2D eigenvalue weighted by molar-refractivity contribution is 0.583. The Morgan fingerprint density at radius 3 is 1.53 bits per heavy atom. The molecular weight excluding hydrogens is 486 g/mol. The van der Waals surface area contributed by atoms with E-state index in [-0.39, 0.29) is 5.75 Å². The molecule has 0 atom stereocenters. The minimum Gasteiger partial charge on any atom is -0.311 e. The van der Waals surface area contributed by atoms with Crippen LogP contribution in [0.1, 0.15) is 56.6 Å². The number of hydrogen-bond acceptors (Lipinski definition) is 3. The normalized spacial score (nSPS) is 11.6. The van der Waals surface area contributed by atoms with Gasteiger partial charge in [-0.15, -0.1) is 0 Å². The first kappa shape index (κ1) is 27.4. The van der Waals surface area contributed by atoms with Gasteiger partial charge in [0.25, 0.3) is 0 Å². The molecule has 4 aromatic carbocycles. The molecule has 4 rings (SSSR count). The van der Waals surface area contributed by atoms with Crippen molar-refractivity contribution in [3.05, 3.63) is 120 Å². The maximum Gasteiger partial charge on any atom is 0.178 e. The summed E-state index contributed by atoms with van der Waals surface area (Å²) in [5, 5.41) is 0. The van der Waals surface area contributed by atoms with Crippen molar-refractivity contribution in [2.45, 2.75) is 50.3 Å². The molecule has 0 aliphatic rings. The van der Waals surface area contributed by atoms with Crippen molar-refractivity contribution in [3.8, 4) is 0 Å². The topological polar surface area (TPSA) is 37.4 Å². The molecule has 4 heteroatoms. The second-order valence-electron chi connectivity index (χ2n) is 9.59. The van der Waals surface area contributed by atoms with Crippen LogP contribution in [-0.2, 0) is 9.84 Å². The van der Waals surface area contributed by atoms with E-state index >= 15 is 0 Å². The van der Waals surface area contributed by atoms with Crippen LogP contribution in [0.2, 0.25) is 0 Å². The quantitative estimate of drug-likeness (QED) is 0.129. The molecule has 38 heavy (non-hydrogen) atoms. The van der Waals surface area contributed by atoms with Gasteiger partial charge in [-0.2, -0.15) is 0 Å². The number of rotatable bonds is 13. The maximum atomic E-state index is 12.7. The van der Waals surface area contributed by atoms with Crippen molar-refractivity contribution in [2.75, 3.05) is 10.7 Å². The van der Waals surface area contributed by atoms with Gasteiger partial charge in [0, 0.05) is 17.1 Å². The fourth-order valence-corrected chi connectivity index (χ4v) is 5.88. The van der Waals surface area contributed by atoms with Crippen LogP contribution in [0.25, 0.3) is 12.2 Å². The van der Waals surface area contributed by atoms with E-state index in [1.807, 2.05) is 54.6 Å². The highest BCUT2D eigenvalue weighted by molar-refractivity contribution is 7.91. The van der Waals surface area contributed by atoms with Crippen LogP contribution in [0, 0.1) is 0 Å². The van der Waals surface area contributed by atoms with Crippen molar-refractivity contribution in [1.82, 2.24) is 0 Å². The van der Waals surface area contributed by atoms with Crippen LogP contribution in [0.5, 0.6) is 0 Å². The Morgan fingerprint density at radius 2 is 1.00 bits per heavy atom. The van der Waals surface area contributed by atoms with Crippen LogP contribution < -0.4 is 4.90 Å². The van der Waals surface area contributed by atoms with Crippen LogP contribution in [0.3, 0.4) is 0 Å². The Kier molecular flexibility index (Phi) is 9.94. The summed E-state index contributed by atoms with van der Waals surface area (Å²) in [7, 11) is -3.22. The van der Waals surface area contributed by atoms with E-state index in [0.717, 1.165) is 47.5 Å². The molecule has 0 N–H and O–H groups in total. The van der Waals surface area contributed by atoms with Crippen LogP contribution in [-0.4, -0.2) is 14.2 Å². The van der Waals surface area contributed by atoms with E-state index < -0.39 is 9.84 Å². The molecule has 4 aromatic rings. The molecule has 0 spiro atoms. The number of sulfone groups is 1. The number of nitrogens with zero attached hydrogens (tertiary/aromatic N) is 1. The monoisotopic (exact) mass is 523 g/mol. The molecule has 0 heterocycles. The molecule has 0 unspecified atom stereocenters. The minimum atomic E-state index is -3.22. The third kappa shape index (κ3) is 7.69. The third-order valence-electron chi connectivity index (χ3n) is 6.65. The molecule has 0 aliphatic heterocycles. The zero-order valence-electron chi connectivity index (χ0n) is 22.2. The molecule has 0 saturated carbocycles. The average Bonchev–Trinajstić information content (AvgIpc) is 2.96. The van der Waals surface area contributed by atoms with Crippen LogP contribution >= 0.6 is 0 Å². The van der Waals surface area contributed by atoms with Crippen molar-refractivity contribution in [2.24, 2.45) is 0 Å². The largest absolute Gasteiger partial charge is 0.311 e. The van der Waals surface area contributed by atoms with Crippen molar-refractivity contribution >= 4 is 39.1 Å². The molecule has 0 aliphatic carbocycles. The van der Waals surface area contributed by atoms with Gasteiger partial charge in [0.1, 0.15) is 0 Å². The summed E-state index contributed by atoms with van der Waals surface area (Å²) in [5.41, 5.74) is 5.35. The number of para-hydroxylation sites is 2. The Morgan fingerprint density at radius 1 is 0.553 bits per heavy atom. The summed E-state index contributed by atoms with van der Waals surface area (Å²) in [6.07, 6.45) is 10.5. The molecule has 0 bridgehead atoms. The van der Waals surface area contributed by atoms with Crippen molar-refractivity contribution < 1.29 is 8.42 Å². The van der Waals surface area contributed by atoms with Gasteiger partial charge >= 0.3 is 0 Å². The molecule has 3 nitrogen and oxygen atoms in total. The summed E-state index contributed by atoms with van der Waals surface area (Å²) in [6, 6.07) is 36.4. The van der Waals surface area contributed by atoms with Gasteiger partial charge in [0.05, 0.1) is 10.6 Å². The summed E-state index contributed by atoms with van der Waals surface area (Å²) >= 11 is 0. The second-order valence-corrected chi connectivity index (χ2v) is 11.7. The Hall–Kier alpha value is -3.63. The Balaban J connectivity index is 1.40. The molecule has 0 amide bonds. The lowest BCUT2D eigenvalue weighted by Gasteiger charge is -2.25. The average molecular weight is 524 g/mol. The third-order valence-corrected chi connectivity index (χ3v) is 8.47. The fraction of sp³-hybridized carbons (Fsp3) is 0.235. The first-order valence-electron chi connectivity index (χ1n) is 13.6. The number of benzene rings is 4. The van der Waals surface area contributed by atoms with Crippen LogP contribution in [0.4, 0.5) is 17.1 Å². The van der Waals surface area contributed by atoms with E-state index in [1.54, 1.807) is 12.1 Å². The minimum absolute atomic E-state index is 0.226. The highest BCUT2D eigenvalue weighted by Gasteiger charge is 2.14. The Labute approximate surface area is 228 Å². The predicted octanol–water partition coefficient (Wildman–Crippen LogP) is 9.46. The van der Waals surface area contributed by atoms with Gasteiger partial charge in [0.15, 0.2) is 9.84 Å². The number of hydrogen-bond donors (Lipinski definition) is 0. The molecule has 0 fully saturated rings. The number of unbranched alkanes of at least 4 members (excludes halogenated alkanes) is 5. The van der Waals surface area contributed by atoms with Crippen LogP contribution in [0.15, 0.2) is 114 Å². The standard InChI is InChI=1S/C34H37NO2S/c1-2-3-4-5-6-13-28-38(36,37)34-26-22-30(23-27-34)19-18-29-20-24-33(25-21-29)35(31-14-9-7-10-15-31)32-16-11-8-12-17-32/h7-12,14-27H,2-6,13,28H2,1H3/b19-18+. The highest BCUT2D eigenvalue weighted by Crippen LogP contribution is 2.34. The van der Waals surface area contributed by atoms with E-state index in [4.69, 9.17) is 0 Å². The fourth-order valence-electron chi connectivity index (χ4n) is 4.50. The van der Waals surface area contributed by atoms with Gasteiger partial charge in [-0.3, -0.25) is 0 Å². The summed E-state index contributed by atoms with van der Waals surface area (Å²) in [4.78, 5) is 2.65. The molecule has 0 aromatic heterocycles. The van der Waals surface area contributed by atoms with Gasteiger partial charge in [0.2, 0.25) is 0 Å². The lowest BCUT2D eigenvalue weighted by atomic mass is 10.1. The zero-order chi connectivity index (χ0) is 26.6. The smallest absolute Gasteiger partial charge is 0.178 e. The van der Waals surface area contributed by atoms with Gasteiger partial charge < -0.3 is 4.90 Å². The predicted molar refractivity (Wildman–Crippen MR) is 162 cm³/mol. The molecule has 196 valence electrons. The maximum absolute atomic E-state index is 12.7. The van der Waals surface area contributed by atoms with Crippen molar-refractivity contribution in [3.63, 3.8) is 0 Å². The first-order chi connectivity index (χ1) is 18.6. The number of anilines is 3. The summed E-state index contributed by atoms with van der Waals surface area (Å²) in [6.45, 7) is 2.19. The van der Waals surface area contributed by atoms with E-state index in [2.05, 4.69) is 66.4 Å². The van der Waals surface area contributed by atoms with E-state index in [0.29, 0.717) is 4.90 Å². The summed E-state index contributed by atoms with van der Waals surface area (Å²) in [5.74, 6) is 0.226. The lowest BCUT2D eigenvalue weighted by Crippen LogP contribution is -2.09. The van der Waals surface area contributed by atoms with Gasteiger partial charge in [-0.05, 0) is 66.1 Å². The Bertz CT molecular complexity index is 1340. The van der Waals surface area contributed by atoms with E-state index in [1.165, 1.54) is 19.3 Å². The SMILES string of the molecule is CCCCCCCCS(=O)(=O)c1ccc(/C=C/c2ccc(N(c3ccccc3)c3ccccc3)cc2)cc1. The molecular formula is C34H37NO2S. The zero-order valence-corrected chi connectivity index (χ0v) is 23.0. The second kappa shape index (κ2) is 13.8. The first-order valence-corrected chi connectivity index (χ1v) is 15.2. The molecule has 0 saturated heterocycles. The molecule has 0 radical (unpaired) electrons. The van der Waals surface area contributed by atoms with Gasteiger partial charge in [-0.25, -0.2) is 8.42 Å².